The topological polar surface area (TPSA) is 46.3 Å². The quantitative estimate of drug-likeness (QED) is 0.597. The third-order valence-corrected chi connectivity index (χ3v) is 2.95. The van der Waals surface area contributed by atoms with E-state index in [0.717, 1.165) is 5.69 Å². The van der Waals surface area contributed by atoms with Crippen molar-refractivity contribution in [3.8, 4) is 0 Å². The maximum absolute atomic E-state index is 6.15. The number of aromatic nitrogens is 3. The van der Waals surface area contributed by atoms with Gasteiger partial charge in [0.2, 0.25) is 5.96 Å². The van der Waals surface area contributed by atoms with Crippen LogP contribution in [0, 0.1) is 0 Å². The zero-order valence-electron chi connectivity index (χ0n) is 9.88. The molecule has 0 spiro atoms. The molecule has 0 unspecified atom stereocenters. The van der Waals surface area contributed by atoms with Gasteiger partial charge in [0.1, 0.15) is 12.7 Å². The molecule has 1 aromatic heterocycles. The van der Waals surface area contributed by atoms with Crippen molar-refractivity contribution >= 4 is 34.8 Å². The Labute approximate surface area is 115 Å². The number of hydrogen-bond acceptors (Lipinski definition) is 3. The summed E-state index contributed by atoms with van der Waals surface area (Å²) in [5.41, 5.74) is 0.750. The first kappa shape index (κ1) is 12.9. The number of anilines is 1. The molecule has 0 atom stereocenters. The lowest BCUT2D eigenvalue weighted by molar-refractivity contribution is 0.897. The molecule has 0 N–H and O–H groups in total. The van der Waals surface area contributed by atoms with Gasteiger partial charge < -0.3 is 4.90 Å². The summed E-state index contributed by atoms with van der Waals surface area (Å²) < 4.78 is 1.55. The number of hydrogen-bond donors (Lipinski definition) is 0. The zero-order chi connectivity index (χ0) is 13.1. The third-order valence-electron chi connectivity index (χ3n) is 2.39. The van der Waals surface area contributed by atoms with E-state index in [9.17, 15) is 0 Å². The molecule has 0 aliphatic rings. The predicted octanol–water partition coefficient (Wildman–Crippen LogP) is 2.56. The van der Waals surface area contributed by atoms with Crippen LogP contribution in [-0.2, 0) is 0 Å². The second kappa shape index (κ2) is 5.37. The summed E-state index contributed by atoms with van der Waals surface area (Å²) >= 11 is 12.1. The average molecular weight is 284 g/mol. The SMILES string of the molecule is CN=C(N(C)c1cc(Cl)ccc1Cl)n1cncn1. The van der Waals surface area contributed by atoms with Crippen molar-refractivity contribution in [3.63, 3.8) is 0 Å². The highest BCUT2D eigenvalue weighted by atomic mass is 35.5. The van der Waals surface area contributed by atoms with Crippen LogP contribution in [0.4, 0.5) is 5.69 Å². The largest absolute Gasteiger partial charge is 0.312 e. The zero-order valence-corrected chi connectivity index (χ0v) is 11.4. The second-order valence-corrected chi connectivity index (χ2v) is 4.36. The molecule has 2 rings (SSSR count). The van der Waals surface area contributed by atoms with E-state index in [-0.39, 0.29) is 0 Å². The number of rotatable bonds is 1. The lowest BCUT2D eigenvalue weighted by Gasteiger charge is -2.21. The fourth-order valence-electron chi connectivity index (χ4n) is 1.57. The van der Waals surface area contributed by atoms with E-state index in [0.29, 0.717) is 16.0 Å². The molecule has 0 radical (unpaired) electrons. The average Bonchev–Trinajstić information content (AvgIpc) is 2.87. The van der Waals surface area contributed by atoms with Crippen molar-refractivity contribution < 1.29 is 0 Å². The van der Waals surface area contributed by atoms with E-state index in [2.05, 4.69) is 15.1 Å². The highest BCUT2D eigenvalue weighted by Crippen LogP contribution is 2.28. The highest BCUT2D eigenvalue weighted by molar-refractivity contribution is 6.35. The van der Waals surface area contributed by atoms with E-state index < -0.39 is 0 Å². The summed E-state index contributed by atoms with van der Waals surface area (Å²) in [6.07, 6.45) is 3.01. The minimum absolute atomic E-state index is 0.586. The summed E-state index contributed by atoms with van der Waals surface area (Å²) in [6.45, 7) is 0. The van der Waals surface area contributed by atoms with E-state index in [1.807, 2.05) is 7.05 Å². The molecule has 0 saturated heterocycles. The molecule has 7 heteroatoms. The minimum atomic E-state index is 0.586. The summed E-state index contributed by atoms with van der Waals surface area (Å²) in [5.74, 6) is 0.594. The molecule has 94 valence electrons. The highest BCUT2D eigenvalue weighted by Gasteiger charge is 2.14. The Hall–Kier alpha value is -1.59. The third kappa shape index (κ3) is 2.47. The number of benzene rings is 1. The normalized spacial score (nSPS) is 11.7. The molecular weight excluding hydrogens is 273 g/mol. The Morgan fingerprint density at radius 2 is 2.17 bits per heavy atom. The Bertz CT molecular complexity index is 565. The number of nitrogens with zero attached hydrogens (tertiary/aromatic N) is 5. The van der Waals surface area contributed by atoms with Crippen molar-refractivity contribution in [3.05, 3.63) is 40.9 Å². The van der Waals surface area contributed by atoms with Gasteiger partial charge in [-0.1, -0.05) is 23.2 Å². The molecular formula is C11H11Cl2N5. The molecule has 2 aromatic rings. The maximum atomic E-state index is 6.15. The summed E-state index contributed by atoms with van der Waals surface area (Å²) in [4.78, 5) is 9.87. The van der Waals surface area contributed by atoms with Crippen LogP contribution >= 0.6 is 23.2 Å². The summed E-state index contributed by atoms with van der Waals surface area (Å²) in [5, 5.41) is 5.24. The first-order valence-electron chi connectivity index (χ1n) is 5.14. The van der Waals surface area contributed by atoms with Gasteiger partial charge in [-0.05, 0) is 18.2 Å². The van der Waals surface area contributed by atoms with Crippen LogP contribution in [0.25, 0.3) is 0 Å². The fraction of sp³-hybridized carbons (Fsp3) is 0.182. The molecule has 1 aromatic carbocycles. The van der Waals surface area contributed by atoms with Gasteiger partial charge in [-0.3, -0.25) is 4.99 Å². The van der Waals surface area contributed by atoms with E-state index in [1.165, 1.54) is 6.33 Å². The van der Waals surface area contributed by atoms with Crippen LogP contribution in [0.1, 0.15) is 0 Å². The molecule has 0 aliphatic heterocycles. The minimum Gasteiger partial charge on any atom is -0.312 e. The van der Waals surface area contributed by atoms with Gasteiger partial charge in [-0.2, -0.15) is 9.78 Å². The van der Waals surface area contributed by atoms with Crippen molar-refractivity contribution in [2.24, 2.45) is 4.99 Å². The standard InChI is InChI=1S/C11H11Cl2N5/c1-14-11(18-7-15-6-16-18)17(2)10-5-8(12)3-4-9(10)13/h3-7H,1-2H3. The summed E-state index contributed by atoms with van der Waals surface area (Å²) in [7, 11) is 3.51. The Kier molecular flexibility index (Phi) is 3.84. The van der Waals surface area contributed by atoms with Gasteiger partial charge in [0.15, 0.2) is 0 Å². The monoisotopic (exact) mass is 283 g/mol. The molecule has 18 heavy (non-hydrogen) atoms. The molecule has 0 amide bonds. The van der Waals surface area contributed by atoms with Crippen molar-refractivity contribution in [2.45, 2.75) is 0 Å². The van der Waals surface area contributed by atoms with Gasteiger partial charge in [-0.25, -0.2) is 4.98 Å². The van der Waals surface area contributed by atoms with Crippen LogP contribution < -0.4 is 4.90 Å². The first-order valence-corrected chi connectivity index (χ1v) is 5.89. The van der Waals surface area contributed by atoms with Crippen molar-refractivity contribution in [1.29, 1.82) is 0 Å². The van der Waals surface area contributed by atoms with Crippen LogP contribution in [0.15, 0.2) is 35.8 Å². The van der Waals surface area contributed by atoms with Crippen LogP contribution in [-0.4, -0.2) is 34.8 Å². The van der Waals surface area contributed by atoms with Crippen molar-refractivity contribution in [1.82, 2.24) is 14.8 Å². The van der Waals surface area contributed by atoms with Gasteiger partial charge >= 0.3 is 0 Å². The van der Waals surface area contributed by atoms with Crippen LogP contribution in [0.2, 0.25) is 10.0 Å². The molecule has 0 fully saturated rings. The molecule has 0 saturated carbocycles. The molecule has 5 nitrogen and oxygen atoms in total. The molecule has 0 aliphatic carbocycles. The summed E-state index contributed by atoms with van der Waals surface area (Å²) in [6, 6.07) is 5.25. The van der Waals surface area contributed by atoms with E-state index in [4.69, 9.17) is 23.2 Å². The lowest BCUT2D eigenvalue weighted by Crippen LogP contribution is -2.33. The van der Waals surface area contributed by atoms with Gasteiger partial charge in [0, 0.05) is 19.1 Å². The molecule has 0 bridgehead atoms. The maximum Gasteiger partial charge on any atom is 0.227 e. The second-order valence-electron chi connectivity index (χ2n) is 3.52. The number of halogens is 2. The Balaban J connectivity index is 2.41. The Morgan fingerprint density at radius 3 is 2.78 bits per heavy atom. The number of aliphatic imine (C=N–C) groups is 1. The first-order chi connectivity index (χ1) is 8.63. The van der Waals surface area contributed by atoms with Gasteiger partial charge in [0.05, 0.1) is 10.7 Å². The van der Waals surface area contributed by atoms with E-state index >= 15 is 0 Å². The van der Waals surface area contributed by atoms with E-state index in [1.54, 1.807) is 41.2 Å². The van der Waals surface area contributed by atoms with Crippen molar-refractivity contribution in [2.75, 3.05) is 19.0 Å². The molecule has 1 heterocycles. The smallest absolute Gasteiger partial charge is 0.227 e. The van der Waals surface area contributed by atoms with Gasteiger partial charge in [-0.15, -0.1) is 0 Å². The Morgan fingerprint density at radius 1 is 1.39 bits per heavy atom. The lowest BCUT2D eigenvalue weighted by atomic mass is 10.3. The van der Waals surface area contributed by atoms with Crippen LogP contribution in [0.3, 0.4) is 0 Å². The van der Waals surface area contributed by atoms with Gasteiger partial charge in [0.25, 0.3) is 0 Å². The van der Waals surface area contributed by atoms with Crippen LogP contribution in [0.5, 0.6) is 0 Å². The fourth-order valence-corrected chi connectivity index (χ4v) is 1.98. The predicted molar refractivity (Wildman–Crippen MR) is 73.6 cm³/mol.